The third-order valence-corrected chi connectivity index (χ3v) is 3.64. The normalized spacial score (nSPS) is 24.1. The number of aliphatic carboxylic acids is 1. The maximum Gasteiger partial charge on any atom is 0.310 e. The Morgan fingerprint density at radius 1 is 1.39 bits per heavy atom. The van der Waals surface area contributed by atoms with Crippen LogP contribution in [0.15, 0.2) is 0 Å². The molecule has 1 aliphatic rings. The molecule has 0 bridgehead atoms. The number of rotatable bonds is 7. The average Bonchev–Trinajstić information content (AvgIpc) is 2.72. The van der Waals surface area contributed by atoms with Crippen LogP contribution in [0.3, 0.4) is 0 Å². The fourth-order valence-corrected chi connectivity index (χ4v) is 2.66. The Balaban J connectivity index is 2.44. The standard InChI is InChI=1S/C13H24N2O3/c1-3-6-13(12(17)18)7-9-15(10-13)8-5-11(16)14-4-2/h3-10H2,1-2H3,(H,14,16)(H,17,18). The second-order valence-corrected chi connectivity index (χ2v) is 5.07. The number of carbonyl (C=O) groups is 2. The van der Waals surface area contributed by atoms with Crippen molar-refractivity contribution in [2.75, 3.05) is 26.2 Å². The SMILES string of the molecule is CCCC1(C(=O)O)CCN(CCC(=O)NCC)C1. The summed E-state index contributed by atoms with van der Waals surface area (Å²) in [6.45, 7) is 6.58. The zero-order valence-electron chi connectivity index (χ0n) is 11.4. The van der Waals surface area contributed by atoms with Crippen molar-refractivity contribution in [3.05, 3.63) is 0 Å². The fourth-order valence-electron chi connectivity index (χ4n) is 2.66. The molecule has 0 aliphatic carbocycles. The Morgan fingerprint density at radius 3 is 2.67 bits per heavy atom. The molecule has 104 valence electrons. The summed E-state index contributed by atoms with van der Waals surface area (Å²) in [5.41, 5.74) is -0.587. The van der Waals surface area contributed by atoms with Crippen molar-refractivity contribution in [1.82, 2.24) is 10.2 Å². The predicted octanol–water partition coefficient (Wildman–Crippen LogP) is 1.09. The second-order valence-electron chi connectivity index (χ2n) is 5.07. The Bertz CT molecular complexity index is 307. The molecule has 0 spiro atoms. The van der Waals surface area contributed by atoms with Crippen LogP contribution in [-0.4, -0.2) is 48.1 Å². The number of nitrogens with one attached hydrogen (secondary N) is 1. The van der Waals surface area contributed by atoms with E-state index >= 15 is 0 Å². The first kappa shape index (κ1) is 15.0. The first-order valence-corrected chi connectivity index (χ1v) is 6.76. The average molecular weight is 256 g/mol. The third kappa shape index (κ3) is 3.70. The molecule has 18 heavy (non-hydrogen) atoms. The number of carbonyl (C=O) groups excluding carboxylic acids is 1. The zero-order chi connectivity index (χ0) is 13.6. The minimum Gasteiger partial charge on any atom is -0.481 e. The van der Waals surface area contributed by atoms with Crippen molar-refractivity contribution in [3.63, 3.8) is 0 Å². The number of carboxylic acids is 1. The van der Waals surface area contributed by atoms with Gasteiger partial charge in [-0.15, -0.1) is 0 Å². The van der Waals surface area contributed by atoms with Crippen molar-refractivity contribution in [2.45, 2.75) is 39.5 Å². The van der Waals surface area contributed by atoms with Crippen LogP contribution >= 0.6 is 0 Å². The van der Waals surface area contributed by atoms with Crippen molar-refractivity contribution in [2.24, 2.45) is 5.41 Å². The van der Waals surface area contributed by atoms with Gasteiger partial charge in [-0.2, -0.15) is 0 Å². The Morgan fingerprint density at radius 2 is 2.11 bits per heavy atom. The van der Waals surface area contributed by atoms with E-state index < -0.39 is 11.4 Å². The number of nitrogens with zero attached hydrogens (tertiary/aromatic N) is 1. The first-order valence-electron chi connectivity index (χ1n) is 6.76. The highest BCUT2D eigenvalue weighted by Crippen LogP contribution is 2.35. The molecule has 5 heteroatoms. The lowest BCUT2D eigenvalue weighted by Crippen LogP contribution is -2.36. The van der Waals surface area contributed by atoms with Gasteiger partial charge in [-0.1, -0.05) is 13.3 Å². The summed E-state index contributed by atoms with van der Waals surface area (Å²) >= 11 is 0. The zero-order valence-corrected chi connectivity index (χ0v) is 11.4. The van der Waals surface area contributed by atoms with Crippen molar-refractivity contribution < 1.29 is 14.7 Å². The van der Waals surface area contributed by atoms with E-state index in [0.717, 1.165) is 19.4 Å². The van der Waals surface area contributed by atoms with Crippen LogP contribution in [0.4, 0.5) is 0 Å². The van der Waals surface area contributed by atoms with Crippen molar-refractivity contribution >= 4 is 11.9 Å². The molecule has 0 aromatic heterocycles. The summed E-state index contributed by atoms with van der Waals surface area (Å²) < 4.78 is 0. The van der Waals surface area contributed by atoms with E-state index in [-0.39, 0.29) is 5.91 Å². The minimum absolute atomic E-state index is 0.0424. The maximum atomic E-state index is 11.4. The predicted molar refractivity (Wildman–Crippen MR) is 69.3 cm³/mol. The van der Waals surface area contributed by atoms with Gasteiger partial charge in [0.05, 0.1) is 5.41 Å². The molecule has 1 fully saturated rings. The van der Waals surface area contributed by atoms with Gasteiger partial charge >= 0.3 is 5.97 Å². The lowest BCUT2D eigenvalue weighted by molar-refractivity contribution is -0.148. The summed E-state index contributed by atoms with van der Waals surface area (Å²) in [6.07, 6.45) is 2.76. The van der Waals surface area contributed by atoms with Gasteiger partial charge in [-0.25, -0.2) is 0 Å². The largest absolute Gasteiger partial charge is 0.481 e. The molecule has 1 saturated heterocycles. The van der Waals surface area contributed by atoms with Gasteiger partial charge in [0.15, 0.2) is 0 Å². The quantitative estimate of drug-likeness (QED) is 0.715. The molecule has 1 heterocycles. The molecular weight excluding hydrogens is 232 g/mol. The molecule has 0 aromatic rings. The van der Waals surface area contributed by atoms with Gasteiger partial charge in [-0.05, 0) is 26.3 Å². The lowest BCUT2D eigenvalue weighted by Gasteiger charge is -2.24. The first-order chi connectivity index (χ1) is 8.54. The van der Waals surface area contributed by atoms with Gasteiger partial charge in [0.1, 0.15) is 0 Å². The minimum atomic E-state index is -0.690. The van der Waals surface area contributed by atoms with Crippen LogP contribution in [0, 0.1) is 5.41 Å². The van der Waals surface area contributed by atoms with Crippen LogP contribution in [0.2, 0.25) is 0 Å². The molecule has 1 aliphatic heterocycles. The molecule has 5 nitrogen and oxygen atoms in total. The van der Waals surface area contributed by atoms with E-state index in [1.165, 1.54) is 0 Å². The van der Waals surface area contributed by atoms with Gasteiger partial charge < -0.3 is 15.3 Å². The topological polar surface area (TPSA) is 69.6 Å². The van der Waals surface area contributed by atoms with Crippen molar-refractivity contribution in [1.29, 1.82) is 0 Å². The van der Waals surface area contributed by atoms with E-state index in [9.17, 15) is 14.7 Å². The van der Waals surface area contributed by atoms with E-state index in [4.69, 9.17) is 0 Å². The molecule has 1 unspecified atom stereocenters. The summed E-state index contributed by atoms with van der Waals surface area (Å²) in [6, 6.07) is 0. The highest BCUT2D eigenvalue weighted by molar-refractivity contribution is 5.76. The summed E-state index contributed by atoms with van der Waals surface area (Å²) in [5.74, 6) is -0.648. The third-order valence-electron chi connectivity index (χ3n) is 3.64. The van der Waals surface area contributed by atoms with Crippen LogP contribution in [0.5, 0.6) is 0 Å². The monoisotopic (exact) mass is 256 g/mol. The molecule has 0 aromatic carbocycles. The molecule has 0 radical (unpaired) electrons. The molecule has 1 atom stereocenters. The Kier molecular flexibility index (Phi) is 5.59. The van der Waals surface area contributed by atoms with Gasteiger partial charge in [0, 0.05) is 26.1 Å². The highest BCUT2D eigenvalue weighted by Gasteiger charge is 2.43. The van der Waals surface area contributed by atoms with E-state index in [0.29, 0.717) is 32.5 Å². The number of hydrogen-bond donors (Lipinski definition) is 2. The molecule has 2 N–H and O–H groups in total. The Labute approximate surface area is 109 Å². The number of carboxylic acid groups (broad SMARTS) is 1. The van der Waals surface area contributed by atoms with Crippen LogP contribution in [0.1, 0.15) is 39.5 Å². The molecule has 1 rings (SSSR count). The number of hydrogen-bond acceptors (Lipinski definition) is 3. The summed E-state index contributed by atoms with van der Waals surface area (Å²) in [5, 5.41) is 12.1. The van der Waals surface area contributed by atoms with E-state index in [2.05, 4.69) is 10.2 Å². The van der Waals surface area contributed by atoms with E-state index in [1.807, 2.05) is 13.8 Å². The Hall–Kier alpha value is -1.10. The van der Waals surface area contributed by atoms with Crippen molar-refractivity contribution in [3.8, 4) is 0 Å². The number of likely N-dealkylation sites (tertiary alicyclic amines) is 1. The van der Waals surface area contributed by atoms with E-state index in [1.54, 1.807) is 0 Å². The molecule has 0 saturated carbocycles. The van der Waals surface area contributed by atoms with Gasteiger partial charge in [0.25, 0.3) is 0 Å². The molecule has 1 amide bonds. The van der Waals surface area contributed by atoms with Gasteiger partial charge in [-0.3, -0.25) is 9.59 Å². The van der Waals surface area contributed by atoms with Gasteiger partial charge in [0.2, 0.25) is 5.91 Å². The maximum absolute atomic E-state index is 11.4. The van der Waals surface area contributed by atoms with Crippen LogP contribution < -0.4 is 5.32 Å². The smallest absolute Gasteiger partial charge is 0.310 e. The van der Waals surface area contributed by atoms with Crippen LogP contribution in [-0.2, 0) is 9.59 Å². The highest BCUT2D eigenvalue weighted by atomic mass is 16.4. The summed E-state index contributed by atoms with van der Waals surface area (Å²) in [4.78, 5) is 24.9. The van der Waals surface area contributed by atoms with Crippen LogP contribution in [0.25, 0.3) is 0 Å². The second kappa shape index (κ2) is 6.73. The lowest BCUT2D eigenvalue weighted by atomic mass is 9.83. The summed E-state index contributed by atoms with van der Waals surface area (Å²) in [7, 11) is 0. The fraction of sp³-hybridized carbons (Fsp3) is 0.846. The molecular formula is C13H24N2O3. The number of amides is 1.